The lowest BCUT2D eigenvalue weighted by molar-refractivity contribution is -0.126. The van der Waals surface area contributed by atoms with Crippen molar-refractivity contribution in [2.75, 3.05) is 33.9 Å². The zero-order valence-corrected chi connectivity index (χ0v) is 17.1. The van der Waals surface area contributed by atoms with Crippen LogP contribution in [0.5, 0.6) is 11.5 Å². The van der Waals surface area contributed by atoms with Crippen molar-refractivity contribution in [2.24, 2.45) is 5.92 Å². The first-order chi connectivity index (χ1) is 14.1. The van der Waals surface area contributed by atoms with Crippen LogP contribution in [0.15, 0.2) is 42.5 Å². The van der Waals surface area contributed by atoms with Gasteiger partial charge in [0.05, 0.1) is 14.2 Å². The number of likely N-dealkylation sites (tertiary alicyclic amines) is 1. The summed E-state index contributed by atoms with van der Waals surface area (Å²) in [5, 5.41) is 3.05. The molecular weight excluding hydrogens is 371 g/mol. The van der Waals surface area contributed by atoms with Gasteiger partial charge in [-0.3, -0.25) is 9.69 Å². The molecule has 1 aliphatic heterocycles. The van der Waals surface area contributed by atoms with Crippen LogP contribution < -0.4 is 14.8 Å². The molecule has 1 aliphatic rings. The largest absolute Gasteiger partial charge is 0.493 e. The molecule has 1 heterocycles. The van der Waals surface area contributed by atoms with Crippen LogP contribution in [-0.2, 0) is 17.8 Å². The topological polar surface area (TPSA) is 50.8 Å². The summed E-state index contributed by atoms with van der Waals surface area (Å²) in [6.45, 7) is 2.80. The first-order valence-electron chi connectivity index (χ1n) is 10.0. The smallest absolute Gasteiger partial charge is 0.223 e. The van der Waals surface area contributed by atoms with Crippen molar-refractivity contribution < 1.29 is 18.7 Å². The molecule has 0 saturated carbocycles. The van der Waals surface area contributed by atoms with Gasteiger partial charge in [-0.1, -0.05) is 24.3 Å². The number of rotatable bonds is 8. The zero-order valence-electron chi connectivity index (χ0n) is 17.1. The van der Waals surface area contributed by atoms with E-state index >= 15 is 0 Å². The summed E-state index contributed by atoms with van der Waals surface area (Å²) in [6, 6.07) is 12.7. The third kappa shape index (κ3) is 5.70. The highest BCUT2D eigenvalue weighted by atomic mass is 19.1. The van der Waals surface area contributed by atoms with E-state index in [1.165, 1.54) is 6.07 Å². The van der Waals surface area contributed by atoms with Crippen molar-refractivity contribution in [3.63, 3.8) is 0 Å². The third-order valence-corrected chi connectivity index (χ3v) is 5.47. The van der Waals surface area contributed by atoms with Crippen molar-refractivity contribution in [1.29, 1.82) is 0 Å². The molecule has 0 unspecified atom stereocenters. The molecule has 1 N–H and O–H groups in total. The van der Waals surface area contributed by atoms with E-state index in [0.29, 0.717) is 30.2 Å². The van der Waals surface area contributed by atoms with Crippen LogP contribution in [-0.4, -0.2) is 44.7 Å². The van der Waals surface area contributed by atoms with Crippen molar-refractivity contribution in [3.8, 4) is 11.5 Å². The predicted molar refractivity (Wildman–Crippen MR) is 111 cm³/mol. The highest BCUT2D eigenvalue weighted by Crippen LogP contribution is 2.27. The minimum atomic E-state index is -0.164. The third-order valence-electron chi connectivity index (χ3n) is 5.47. The Morgan fingerprint density at radius 3 is 2.52 bits per heavy atom. The average molecular weight is 400 g/mol. The summed E-state index contributed by atoms with van der Waals surface area (Å²) in [6.07, 6.45) is 2.34. The number of piperidine rings is 1. The summed E-state index contributed by atoms with van der Waals surface area (Å²) in [5.74, 6) is 1.36. The Bertz CT molecular complexity index is 820. The molecule has 1 amide bonds. The van der Waals surface area contributed by atoms with E-state index in [4.69, 9.17) is 9.47 Å². The molecule has 6 heteroatoms. The molecule has 1 saturated heterocycles. The molecule has 2 aromatic rings. The van der Waals surface area contributed by atoms with E-state index in [1.807, 2.05) is 30.3 Å². The predicted octanol–water partition coefficient (Wildman–Crippen LogP) is 3.41. The molecule has 0 aromatic heterocycles. The summed E-state index contributed by atoms with van der Waals surface area (Å²) >= 11 is 0. The maximum absolute atomic E-state index is 13.8. The number of benzene rings is 2. The molecule has 3 rings (SSSR count). The monoisotopic (exact) mass is 400 g/mol. The fourth-order valence-electron chi connectivity index (χ4n) is 3.73. The van der Waals surface area contributed by atoms with E-state index in [-0.39, 0.29) is 17.6 Å². The Labute approximate surface area is 171 Å². The summed E-state index contributed by atoms with van der Waals surface area (Å²) in [4.78, 5) is 14.7. The number of carbonyl (C=O) groups is 1. The van der Waals surface area contributed by atoms with Crippen molar-refractivity contribution in [3.05, 3.63) is 59.4 Å². The molecular formula is C23H29FN2O3. The van der Waals surface area contributed by atoms with Gasteiger partial charge in [0, 0.05) is 24.6 Å². The molecule has 0 bridgehead atoms. The van der Waals surface area contributed by atoms with Crippen LogP contribution in [0.3, 0.4) is 0 Å². The number of carbonyl (C=O) groups excluding carboxylic acids is 1. The highest BCUT2D eigenvalue weighted by Gasteiger charge is 2.25. The molecule has 0 aliphatic carbocycles. The van der Waals surface area contributed by atoms with Crippen LogP contribution in [0.25, 0.3) is 0 Å². The van der Waals surface area contributed by atoms with Gasteiger partial charge in [0.2, 0.25) is 5.91 Å². The first kappa shape index (κ1) is 21.1. The van der Waals surface area contributed by atoms with Crippen molar-refractivity contribution in [2.45, 2.75) is 25.8 Å². The Hall–Kier alpha value is -2.60. The highest BCUT2D eigenvalue weighted by molar-refractivity contribution is 5.78. The fourth-order valence-corrected chi connectivity index (χ4v) is 3.73. The zero-order chi connectivity index (χ0) is 20.6. The van der Waals surface area contributed by atoms with Crippen LogP contribution in [0.1, 0.15) is 24.0 Å². The molecule has 2 aromatic carbocycles. The number of methoxy groups -OCH3 is 2. The van der Waals surface area contributed by atoms with E-state index < -0.39 is 0 Å². The van der Waals surface area contributed by atoms with Gasteiger partial charge in [-0.15, -0.1) is 0 Å². The maximum Gasteiger partial charge on any atom is 0.223 e. The van der Waals surface area contributed by atoms with Crippen LogP contribution in [0.4, 0.5) is 4.39 Å². The molecule has 5 nitrogen and oxygen atoms in total. The molecule has 0 radical (unpaired) electrons. The number of ether oxygens (including phenoxy) is 2. The lowest BCUT2D eigenvalue weighted by Gasteiger charge is -2.31. The number of hydrogen-bond acceptors (Lipinski definition) is 4. The van der Waals surface area contributed by atoms with E-state index in [0.717, 1.165) is 37.9 Å². The normalized spacial score (nSPS) is 15.1. The Morgan fingerprint density at radius 1 is 1.10 bits per heavy atom. The summed E-state index contributed by atoms with van der Waals surface area (Å²) in [7, 11) is 3.22. The van der Waals surface area contributed by atoms with Crippen molar-refractivity contribution >= 4 is 5.91 Å². The molecule has 29 heavy (non-hydrogen) atoms. The summed E-state index contributed by atoms with van der Waals surface area (Å²) < 4.78 is 24.4. The van der Waals surface area contributed by atoms with E-state index in [9.17, 15) is 9.18 Å². The van der Waals surface area contributed by atoms with Gasteiger partial charge in [-0.25, -0.2) is 4.39 Å². The van der Waals surface area contributed by atoms with Gasteiger partial charge in [0.1, 0.15) is 5.82 Å². The second kappa shape index (κ2) is 10.3. The van der Waals surface area contributed by atoms with Gasteiger partial charge in [0.15, 0.2) is 11.5 Å². The number of nitrogens with one attached hydrogen (secondary N) is 1. The molecule has 0 atom stereocenters. The lowest BCUT2D eigenvalue weighted by Crippen LogP contribution is -2.40. The minimum Gasteiger partial charge on any atom is -0.493 e. The molecule has 156 valence electrons. The SMILES string of the molecule is COc1ccc(CCNC(=O)C2CCN(Cc3ccccc3F)CC2)cc1OC. The average Bonchev–Trinajstić information content (AvgIpc) is 2.75. The molecule has 1 fully saturated rings. The maximum atomic E-state index is 13.8. The second-order valence-electron chi connectivity index (χ2n) is 7.37. The standard InChI is InChI=1S/C23H29FN2O3/c1-28-21-8-7-17(15-22(21)29-2)9-12-25-23(27)18-10-13-26(14-11-18)16-19-5-3-4-6-20(19)24/h3-8,15,18H,9-14,16H2,1-2H3,(H,25,27). The van der Waals surface area contributed by atoms with E-state index in [2.05, 4.69) is 10.2 Å². The van der Waals surface area contributed by atoms with Crippen LogP contribution >= 0.6 is 0 Å². The van der Waals surface area contributed by atoms with Crippen LogP contribution in [0.2, 0.25) is 0 Å². The van der Waals surface area contributed by atoms with Crippen molar-refractivity contribution in [1.82, 2.24) is 10.2 Å². The van der Waals surface area contributed by atoms with Gasteiger partial charge in [-0.2, -0.15) is 0 Å². The Morgan fingerprint density at radius 2 is 1.83 bits per heavy atom. The summed E-state index contributed by atoms with van der Waals surface area (Å²) in [5.41, 5.74) is 1.80. The molecule has 0 spiro atoms. The second-order valence-corrected chi connectivity index (χ2v) is 7.37. The lowest BCUT2D eigenvalue weighted by atomic mass is 9.95. The van der Waals surface area contributed by atoms with E-state index in [1.54, 1.807) is 20.3 Å². The quantitative estimate of drug-likeness (QED) is 0.738. The number of hydrogen-bond donors (Lipinski definition) is 1. The van der Waals surface area contributed by atoms with Gasteiger partial charge in [0.25, 0.3) is 0 Å². The fraction of sp³-hybridized carbons (Fsp3) is 0.435. The Balaban J connectivity index is 1.41. The van der Waals surface area contributed by atoms with Gasteiger partial charge >= 0.3 is 0 Å². The first-order valence-corrected chi connectivity index (χ1v) is 10.0. The van der Waals surface area contributed by atoms with Gasteiger partial charge in [-0.05, 0) is 56.1 Å². The Kier molecular flexibility index (Phi) is 7.47. The number of halogens is 1. The number of nitrogens with zero attached hydrogens (tertiary/aromatic N) is 1. The van der Waals surface area contributed by atoms with Gasteiger partial charge < -0.3 is 14.8 Å². The minimum absolute atomic E-state index is 0.0253. The van der Waals surface area contributed by atoms with Crippen LogP contribution in [0, 0.1) is 11.7 Å². The number of amides is 1.